The number of amides is 3. The number of hydrogen-bond donors (Lipinski definition) is 3. The van der Waals surface area contributed by atoms with Crippen molar-refractivity contribution in [2.45, 2.75) is 31.3 Å². The molecule has 0 aliphatic rings. The molecule has 0 spiro atoms. The highest BCUT2D eigenvalue weighted by molar-refractivity contribution is 7.89. The molecule has 0 unspecified atom stereocenters. The van der Waals surface area contributed by atoms with Crippen LogP contribution in [0.2, 0.25) is 0 Å². The molecule has 2 rings (SSSR count). The van der Waals surface area contributed by atoms with Gasteiger partial charge in [-0.05, 0) is 35.7 Å². The van der Waals surface area contributed by atoms with Crippen LogP contribution in [-0.4, -0.2) is 37.8 Å². The van der Waals surface area contributed by atoms with Crippen LogP contribution in [0.5, 0.6) is 0 Å². The lowest BCUT2D eigenvalue weighted by Gasteiger charge is -2.21. The molecule has 0 fully saturated rings. The highest BCUT2D eigenvalue weighted by Crippen LogP contribution is 2.19. The van der Waals surface area contributed by atoms with E-state index in [-0.39, 0.29) is 17.4 Å². The Morgan fingerprint density at radius 2 is 1.62 bits per heavy atom. The van der Waals surface area contributed by atoms with Crippen molar-refractivity contribution < 1.29 is 18.0 Å². The van der Waals surface area contributed by atoms with Crippen LogP contribution < -0.4 is 16.4 Å². The second-order valence-corrected chi connectivity index (χ2v) is 9.04. The fraction of sp³-hybridized carbons (Fsp3) is 0.300. The largest absolute Gasteiger partial charge is 0.352 e. The van der Waals surface area contributed by atoms with Crippen molar-refractivity contribution >= 4 is 27.6 Å². The Morgan fingerprint density at radius 3 is 2.14 bits per heavy atom. The van der Waals surface area contributed by atoms with Crippen LogP contribution in [0.25, 0.3) is 0 Å². The fourth-order valence-corrected chi connectivity index (χ4v) is 3.88. The Labute approximate surface area is 171 Å². The Hall–Kier alpha value is -2.91. The average Bonchev–Trinajstić information content (AvgIpc) is 2.66. The second-order valence-electron chi connectivity index (χ2n) is 6.99. The molecular weight excluding hydrogens is 392 g/mol. The predicted molar refractivity (Wildman–Crippen MR) is 112 cm³/mol. The van der Waals surface area contributed by atoms with Gasteiger partial charge in [0, 0.05) is 19.3 Å². The minimum absolute atomic E-state index is 0.115. The van der Waals surface area contributed by atoms with E-state index in [4.69, 9.17) is 5.73 Å². The van der Waals surface area contributed by atoms with Crippen LogP contribution in [0.4, 0.5) is 10.5 Å². The number of hydrogen-bond acceptors (Lipinski definition) is 4. The molecule has 3 amide bonds. The number of anilines is 1. The van der Waals surface area contributed by atoms with Gasteiger partial charge >= 0.3 is 6.03 Å². The summed E-state index contributed by atoms with van der Waals surface area (Å²) >= 11 is 0. The van der Waals surface area contributed by atoms with Crippen molar-refractivity contribution in [1.82, 2.24) is 9.62 Å². The van der Waals surface area contributed by atoms with Gasteiger partial charge in [-0.2, -0.15) is 4.31 Å². The van der Waals surface area contributed by atoms with Gasteiger partial charge in [0.2, 0.25) is 15.9 Å². The van der Waals surface area contributed by atoms with Gasteiger partial charge in [-0.1, -0.05) is 44.2 Å². The van der Waals surface area contributed by atoms with E-state index < -0.39 is 28.0 Å². The number of sulfonamides is 1. The summed E-state index contributed by atoms with van der Waals surface area (Å²) in [5, 5.41) is 5.06. The zero-order valence-corrected chi connectivity index (χ0v) is 17.4. The van der Waals surface area contributed by atoms with E-state index in [2.05, 4.69) is 10.6 Å². The first-order valence-electron chi connectivity index (χ1n) is 9.08. The van der Waals surface area contributed by atoms with Crippen LogP contribution in [-0.2, 0) is 21.4 Å². The van der Waals surface area contributed by atoms with Crippen molar-refractivity contribution in [3.05, 3.63) is 60.2 Å². The van der Waals surface area contributed by atoms with Crippen molar-refractivity contribution in [3.63, 3.8) is 0 Å². The maximum Gasteiger partial charge on any atom is 0.312 e. The molecular formula is C20H26N4O4S. The molecule has 0 aromatic heterocycles. The molecule has 156 valence electrons. The van der Waals surface area contributed by atoms with Gasteiger partial charge in [0.05, 0.1) is 4.90 Å². The molecule has 0 saturated heterocycles. The normalized spacial score (nSPS) is 12.6. The number of primary amides is 1. The Bertz CT molecular complexity index is 944. The number of urea groups is 1. The summed E-state index contributed by atoms with van der Waals surface area (Å²) in [6.07, 6.45) is 0. The lowest BCUT2D eigenvalue weighted by Crippen LogP contribution is -2.49. The van der Waals surface area contributed by atoms with E-state index >= 15 is 0 Å². The molecule has 9 heteroatoms. The summed E-state index contributed by atoms with van der Waals surface area (Å²) in [5.74, 6) is -0.607. The van der Waals surface area contributed by atoms with E-state index in [1.807, 2.05) is 30.3 Å². The zero-order chi connectivity index (χ0) is 21.6. The Morgan fingerprint density at radius 1 is 1.03 bits per heavy atom. The monoisotopic (exact) mass is 418 g/mol. The molecule has 4 N–H and O–H groups in total. The molecule has 0 aliphatic carbocycles. The minimum atomic E-state index is -3.68. The standard InChI is InChI=1S/C20H26N4O4S/c1-14(2)18(23-20(21)26)19(25)22-16-9-11-17(12-10-16)29(27,28)24(3)13-15-7-5-4-6-8-15/h4-12,14,18H,13H2,1-3H3,(H,22,25)(H3,21,23,26)/t18-/m0/s1. The van der Waals surface area contributed by atoms with E-state index in [1.165, 1.54) is 35.6 Å². The van der Waals surface area contributed by atoms with Crippen molar-refractivity contribution in [2.24, 2.45) is 11.7 Å². The quantitative estimate of drug-likeness (QED) is 0.608. The van der Waals surface area contributed by atoms with E-state index in [0.29, 0.717) is 5.69 Å². The number of rotatable bonds is 8. The summed E-state index contributed by atoms with van der Waals surface area (Å²) in [7, 11) is -2.17. The SMILES string of the molecule is CC(C)[C@H](NC(N)=O)C(=O)Nc1ccc(S(=O)(=O)N(C)Cc2ccccc2)cc1. The molecule has 0 radical (unpaired) electrons. The first-order valence-corrected chi connectivity index (χ1v) is 10.5. The summed E-state index contributed by atoms with van der Waals surface area (Å²) in [6, 6.07) is 13.6. The lowest BCUT2D eigenvalue weighted by molar-refractivity contribution is -0.118. The van der Waals surface area contributed by atoms with Crippen molar-refractivity contribution in [2.75, 3.05) is 12.4 Å². The van der Waals surface area contributed by atoms with E-state index in [9.17, 15) is 18.0 Å². The van der Waals surface area contributed by atoms with Gasteiger partial charge < -0.3 is 16.4 Å². The van der Waals surface area contributed by atoms with E-state index in [1.54, 1.807) is 13.8 Å². The molecule has 0 heterocycles. The van der Waals surface area contributed by atoms with Crippen LogP contribution in [0.3, 0.4) is 0 Å². The maximum atomic E-state index is 12.8. The molecule has 8 nitrogen and oxygen atoms in total. The van der Waals surface area contributed by atoms with Gasteiger partial charge in [-0.15, -0.1) is 0 Å². The smallest absolute Gasteiger partial charge is 0.312 e. The highest BCUT2D eigenvalue weighted by atomic mass is 32.2. The third-order valence-corrected chi connectivity index (χ3v) is 6.14. The number of nitrogens with one attached hydrogen (secondary N) is 2. The van der Waals surface area contributed by atoms with Gasteiger partial charge in [0.1, 0.15) is 6.04 Å². The molecule has 0 aliphatic heterocycles. The van der Waals surface area contributed by atoms with Gasteiger partial charge in [0.15, 0.2) is 0 Å². The first-order chi connectivity index (χ1) is 13.6. The van der Waals surface area contributed by atoms with Crippen molar-refractivity contribution in [1.29, 1.82) is 0 Å². The van der Waals surface area contributed by atoms with Crippen LogP contribution in [0.15, 0.2) is 59.5 Å². The van der Waals surface area contributed by atoms with Gasteiger partial charge in [-0.3, -0.25) is 4.79 Å². The Balaban J connectivity index is 2.10. The number of carbonyl (C=O) groups excluding carboxylic acids is 2. The topological polar surface area (TPSA) is 122 Å². The Kier molecular flexibility index (Phi) is 7.35. The van der Waals surface area contributed by atoms with Crippen LogP contribution in [0.1, 0.15) is 19.4 Å². The predicted octanol–water partition coefficient (Wildman–Crippen LogP) is 2.14. The minimum Gasteiger partial charge on any atom is -0.352 e. The zero-order valence-electron chi connectivity index (χ0n) is 16.6. The number of carbonyl (C=O) groups is 2. The van der Waals surface area contributed by atoms with Crippen LogP contribution >= 0.6 is 0 Å². The summed E-state index contributed by atoms with van der Waals surface area (Å²) < 4.78 is 26.8. The first kappa shape index (κ1) is 22.4. The van der Waals surface area contributed by atoms with Gasteiger partial charge in [-0.25, -0.2) is 13.2 Å². The highest BCUT2D eigenvalue weighted by Gasteiger charge is 2.24. The van der Waals surface area contributed by atoms with Gasteiger partial charge in [0.25, 0.3) is 0 Å². The molecule has 2 aromatic carbocycles. The van der Waals surface area contributed by atoms with Crippen LogP contribution in [0, 0.1) is 5.92 Å². The fourth-order valence-electron chi connectivity index (χ4n) is 2.72. The maximum absolute atomic E-state index is 12.8. The molecule has 2 aromatic rings. The molecule has 0 bridgehead atoms. The average molecular weight is 419 g/mol. The third-order valence-electron chi connectivity index (χ3n) is 4.32. The van der Waals surface area contributed by atoms with E-state index in [0.717, 1.165) is 5.56 Å². The van der Waals surface area contributed by atoms with Crippen molar-refractivity contribution in [3.8, 4) is 0 Å². The summed E-state index contributed by atoms with van der Waals surface area (Å²) in [5.41, 5.74) is 6.40. The summed E-state index contributed by atoms with van der Waals surface area (Å²) in [4.78, 5) is 23.6. The lowest BCUT2D eigenvalue weighted by atomic mass is 10.0. The second kappa shape index (κ2) is 9.53. The molecule has 0 saturated carbocycles. The summed E-state index contributed by atoms with van der Waals surface area (Å²) in [6.45, 7) is 3.80. The molecule has 29 heavy (non-hydrogen) atoms. The molecule has 1 atom stereocenters. The number of benzene rings is 2. The third kappa shape index (κ3) is 6.03. The number of nitrogens with two attached hydrogens (primary N) is 1. The number of nitrogens with zero attached hydrogens (tertiary/aromatic N) is 1.